The summed E-state index contributed by atoms with van der Waals surface area (Å²) in [5.41, 5.74) is 2.37. The lowest BCUT2D eigenvalue weighted by Crippen LogP contribution is -1.85. The van der Waals surface area contributed by atoms with Gasteiger partial charge in [0.25, 0.3) is 0 Å². The largest absolute Gasteiger partial charge is 0.457 e. The summed E-state index contributed by atoms with van der Waals surface area (Å²) in [7, 11) is 0. The third kappa shape index (κ3) is 3.20. The van der Waals surface area contributed by atoms with Gasteiger partial charge in [-0.1, -0.05) is 42.5 Å². The number of para-hydroxylation sites is 1. The van der Waals surface area contributed by atoms with Gasteiger partial charge in [-0.25, -0.2) is 0 Å². The van der Waals surface area contributed by atoms with Crippen molar-refractivity contribution in [2.75, 3.05) is 0 Å². The zero-order valence-electron chi connectivity index (χ0n) is 10.8. The third-order valence-electron chi connectivity index (χ3n) is 2.97. The molecule has 3 rings (SSSR count). The summed E-state index contributed by atoms with van der Waals surface area (Å²) in [5, 5.41) is 0. The number of benzene rings is 3. The molecule has 0 aliphatic rings. The zero-order valence-corrected chi connectivity index (χ0v) is 12.9. The Bertz CT molecular complexity index is 707. The van der Waals surface area contributed by atoms with Crippen LogP contribution in [0.15, 0.2) is 78.9 Å². The minimum Gasteiger partial charge on any atom is -0.457 e. The molecule has 0 spiro atoms. The molecule has 0 saturated carbocycles. The SMILES string of the molecule is Ic1cccc(-c2cccc(Oc3ccccc3)c2)c1. The molecule has 0 radical (unpaired) electrons. The van der Waals surface area contributed by atoms with Crippen LogP contribution in [0, 0.1) is 3.57 Å². The predicted molar refractivity (Wildman–Crippen MR) is 91.1 cm³/mol. The molecule has 0 N–H and O–H groups in total. The van der Waals surface area contributed by atoms with Crippen LogP contribution < -0.4 is 4.74 Å². The molecule has 0 heterocycles. The fraction of sp³-hybridized carbons (Fsp3) is 0. The van der Waals surface area contributed by atoms with E-state index in [1.807, 2.05) is 42.5 Å². The van der Waals surface area contributed by atoms with Gasteiger partial charge in [0.05, 0.1) is 0 Å². The molecule has 98 valence electrons. The van der Waals surface area contributed by atoms with Gasteiger partial charge in [-0.2, -0.15) is 0 Å². The Balaban J connectivity index is 1.90. The Labute approximate surface area is 132 Å². The Hall–Kier alpha value is -1.81. The van der Waals surface area contributed by atoms with Crippen molar-refractivity contribution in [3.05, 3.63) is 82.4 Å². The fourth-order valence-corrected chi connectivity index (χ4v) is 2.57. The monoisotopic (exact) mass is 372 g/mol. The summed E-state index contributed by atoms with van der Waals surface area (Å²) in [6.07, 6.45) is 0. The van der Waals surface area contributed by atoms with Gasteiger partial charge in [-0.15, -0.1) is 0 Å². The van der Waals surface area contributed by atoms with Gasteiger partial charge in [0.15, 0.2) is 0 Å². The standard InChI is InChI=1S/C18H13IO/c19-16-8-4-6-14(12-16)15-7-5-11-18(13-15)20-17-9-2-1-3-10-17/h1-13H. The maximum atomic E-state index is 5.87. The molecule has 0 bridgehead atoms. The minimum atomic E-state index is 0.854. The van der Waals surface area contributed by atoms with E-state index in [0.717, 1.165) is 17.1 Å². The number of ether oxygens (including phenoxy) is 1. The first-order valence-electron chi connectivity index (χ1n) is 6.40. The highest BCUT2D eigenvalue weighted by Gasteiger charge is 2.01. The molecule has 3 aromatic rings. The van der Waals surface area contributed by atoms with Gasteiger partial charge >= 0.3 is 0 Å². The molecule has 0 atom stereocenters. The van der Waals surface area contributed by atoms with Gasteiger partial charge in [0, 0.05) is 3.57 Å². The first-order valence-corrected chi connectivity index (χ1v) is 7.48. The molecule has 20 heavy (non-hydrogen) atoms. The summed E-state index contributed by atoms with van der Waals surface area (Å²) in [6, 6.07) is 26.4. The average Bonchev–Trinajstić information content (AvgIpc) is 2.49. The van der Waals surface area contributed by atoms with Crippen LogP contribution in [0.25, 0.3) is 11.1 Å². The topological polar surface area (TPSA) is 9.23 Å². The van der Waals surface area contributed by atoms with Crippen molar-refractivity contribution in [2.45, 2.75) is 0 Å². The van der Waals surface area contributed by atoms with Crippen LogP contribution in [0.4, 0.5) is 0 Å². The second-order valence-corrected chi connectivity index (χ2v) is 5.70. The number of rotatable bonds is 3. The highest BCUT2D eigenvalue weighted by Crippen LogP contribution is 2.27. The van der Waals surface area contributed by atoms with Crippen LogP contribution in [0.5, 0.6) is 11.5 Å². The Kier molecular flexibility index (Phi) is 4.02. The molecule has 0 fully saturated rings. The molecular weight excluding hydrogens is 359 g/mol. The van der Waals surface area contributed by atoms with Crippen molar-refractivity contribution in [1.29, 1.82) is 0 Å². The summed E-state index contributed by atoms with van der Waals surface area (Å²) < 4.78 is 7.10. The molecule has 0 aromatic heterocycles. The van der Waals surface area contributed by atoms with Crippen LogP contribution >= 0.6 is 22.6 Å². The number of hydrogen-bond donors (Lipinski definition) is 0. The van der Waals surface area contributed by atoms with Crippen molar-refractivity contribution >= 4 is 22.6 Å². The molecule has 0 amide bonds. The summed E-state index contributed by atoms with van der Waals surface area (Å²) in [5.74, 6) is 1.71. The second kappa shape index (κ2) is 6.09. The van der Waals surface area contributed by atoms with Gasteiger partial charge in [0.1, 0.15) is 11.5 Å². The van der Waals surface area contributed by atoms with E-state index in [1.165, 1.54) is 9.13 Å². The van der Waals surface area contributed by atoms with E-state index in [-0.39, 0.29) is 0 Å². The smallest absolute Gasteiger partial charge is 0.128 e. The van der Waals surface area contributed by atoms with Gasteiger partial charge in [0.2, 0.25) is 0 Å². The normalized spacial score (nSPS) is 10.2. The maximum Gasteiger partial charge on any atom is 0.128 e. The molecule has 0 aliphatic carbocycles. The predicted octanol–water partition coefficient (Wildman–Crippen LogP) is 5.75. The Morgan fingerprint density at radius 3 is 2.00 bits per heavy atom. The van der Waals surface area contributed by atoms with Crippen molar-refractivity contribution in [1.82, 2.24) is 0 Å². The molecule has 0 saturated heterocycles. The number of hydrogen-bond acceptors (Lipinski definition) is 1. The van der Waals surface area contributed by atoms with E-state index in [4.69, 9.17) is 4.74 Å². The van der Waals surface area contributed by atoms with Crippen molar-refractivity contribution in [3.8, 4) is 22.6 Å². The molecule has 1 nitrogen and oxygen atoms in total. The van der Waals surface area contributed by atoms with Crippen molar-refractivity contribution in [2.24, 2.45) is 0 Å². The quantitative estimate of drug-likeness (QED) is 0.532. The Morgan fingerprint density at radius 2 is 1.25 bits per heavy atom. The first-order chi connectivity index (χ1) is 9.81. The lowest BCUT2D eigenvalue weighted by molar-refractivity contribution is 0.483. The van der Waals surface area contributed by atoms with E-state index >= 15 is 0 Å². The lowest BCUT2D eigenvalue weighted by atomic mass is 10.1. The first kappa shape index (κ1) is 13.2. The molecule has 3 aromatic carbocycles. The Morgan fingerprint density at radius 1 is 0.600 bits per heavy atom. The van der Waals surface area contributed by atoms with E-state index in [9.17, 15) is 0 Å². The van der Waals surface area contributed by atoms with Gasteiger partial charge in [-0.05, 0) is 70.1 Å². The van der Waals surface area contributed by atoms with Gasteiger partial charge < -0.3 is 4.74 Å². The molecule has 0 unspecified atom stereocenters. The van der Waals surface area contributed by atoms with Crippen LogP contribution in [0.3, 0.4) is 0 Å². The van der Waals surface area contributed by atoms with Gasteiger partial charge in [-0.3, -0.25) is 0 Å². The van der Waals surface area contributed by atoms with E-state index in [1.54, 1.807) is 0 Å². The van der Waals surface area contributed by atoms with Crippen LogP contribution in [-0.4, -0.2) is 0 Å². The molecule has 0 aliphatic heterocycles. The molecule has 2 heteroatoms. The van der Waals surface area contributed by atoms with Crippen molar-refractivity contribution in [3.63, 3.8) is 0 Å². The lowest BCUT2D eigenvalue weighted by Gasteiger charge is -2.08. The van der Waals surface area contributed by atoms with E-state index < -0.39 is 0 Å². The van der Waals surface area contributed by atoms with Crippen molar-refractivity contribution < 1.29 is 4.74 Å². The summed E-state index contributed by atoms with van der Waals surface area (Å²) in [4.78, 5) is 0. The maximum absolute atomic E-state index is 5.87. The summed E-state index contributed by atoms with van der Waals surface area (Å²) in [6.45, 7) is 0. The number of halogens is 1. The third-order valence-corrected chi connectivity index (χ3v) is 3.64. The van der Waals surface area contributed by atoms with E-state index in [2.05, 4.69) is 59.0 Å². The van der Waals surface area contributed by atoms with E-state index in [0.29, 0.717) is 0 Å². The summed E-state index contributed by atoms with van der Waals surface area (Å²) >= 11 is 2.33. The van der Waals surface area contributed by atoms with Crippen LogP contribution in [0.1, 0.15) is 0 Å². The molecular formula is C18H13IO. The highest BCUT2D eigenvalue weighted by atomic mass is 127. The zero-order chi connectivity index (χ0) is 13.8. The highest BCUT2D eigenvalue weighted by molar-refractivity contribution is 14.1. The fourth-order valence-electron chi connectivity index (χ4n) is 2.03. The minimum absolute atomic E-state index is 0.854. The average molecular weight is 372 g/mol. The second-order valence-electron chi connectivity index (χ2n) is 4.45. The van der Waals surface area contributed by atoms with Crippen LogP contribution in [-0.2, 0) is 0 Å². The van der Waals surface area contributed by atoms with Crippen LogP contribution in [0.2, 0.25) is 0 Å².